The molecule has 0 aliphatic carbocycles. The first kappa shape index (κ1) is 15.4. The Bertz CT molecular complexity index is 534. The number of rotatable bonds is 5. The van der Waals surface area contributed by atoms with Gasteiger partial charge in [0.05, 0.1) is 12.6 Å². The molecule has 21 heavy (non-hydrogen) atoms. The molecule has 0 saturated carbocycles. The predicted octanol–water partition coefficient (Wildman–Crippen LogP) is 0.390. The van der Waals surface area contributed by atoms with Crippen molar-refractivity contribution in [3.05, 3.63) is 29.6 Å². The first-order valence-electron chi connectivity index (χ1n) is 6.59. The molecule has 1 aromatic heterocycles. The molecule has 7 nitrogen and oxygen atoms in total. The molecule has 0 bridgehead atoms. The van der Waals surface area contributed by atoms with Gasteiger partial charge < -0.3 is 19.5 Å². The van der Waals surface area contributed by atoms with Gasteiger partial charge in [0.25, 0.3) is 0 Å². The molecule has 0 spiro atoms. The smallest absolute Gasteiger partial charge is 0.335 e. The maximum absolute atomic E-state index is 12.1. The molecule has 1 amide bonds. The van der Waals surface area contributed by atoms with Gasteiger partial charge in [0.2, 0.25) is 5.91 Å². The molecule has 1 saturated heterocycles. The fraction of sp³-hybridized carbons (Fsp3) is 0.500. The van der Waals surface area contributed by atoms with E-state index in [-0.39, 0.29) is 12.5 Å². The van der Waals surface area contributed by atoms with Crippen molar-refractivity contribution in [1.82, 2.24) is 9.88 Å². The zero-order valence-corrected chi connectivity index (χ0v) is 12.0. The van der Waals surface area contributed by atoms with Crippen LogP contribution in [0.3, 0.4) is 0 Å². The summed E-state index contributed by atoms with van der Waals surface area (Å²) in [5.74, 6) is -1.35. The number of aromatic nitrogens is 1. The average molecular weight is 294 g/mol. The molecule has 1 N–H and O–H groups in total. The van der Waals surface area contributed by atoms with Gasteiger partial charge in [0.1, 0.15) is 6.61 Å². The number of carboxylic acid groups (broad SMARTS) is 1. The van der Waals surface area contributed by atoms with Crippen molar-refractivity contribution in [1.29, 1.82) is 0 Å². The van der Waals surface area contributed by atoms with E-state index in [1.165, 1.54) is 12.0 Å². The maximum atomic E-state index is 12.1. The minimum absolute atomic E-state index is 0.240. The standard InChI is InChI=1S/C14H18N2O5/c1-9-3-4-15-7-10(9)12-13(14(18)19)21-8-11(17)16(12)5-6-20-2/h3-4,7,12-13H,5-6,8H2,1-2H3,(H,18,19). The van der Waals surface area contributed by atoms with Crippen molar-refractivity contribution in [3.63, 3.8) is 0 Å². The summed E-state index contributed by atoms with van der Waals surface area (Å²) in [6.45, 7) is 2.25. The Morgan fingerprint density at radius 2 is 2.38 bits per heavy atom. The molecule has 7 heteroatoms. The van der Waals surface area contributed by atoms with Crippen LogP contribution in [0.4, 0.5) is 0 Å². The van der Waals surface area contributed by atoms with Gasteiger partial charge in [0, 0.05) is 26.0 Å². The molecule has 1 fully saturated rings. The van der Waals surface area contributed by atoms with Crippen molar-refractivity contribution in [3.8, 4) is 0 Å². The van der Waals surface area contributed by atoms with Crippen molar-refractivity contribution in [2.45, 2.75) is 19.1 Å². The fourth-order valence-electron chi connectivity index (χ4n) is 2.43. The van der Waals surface area contributed by atoms with Crippen molar-refractivity contribution < 1.29 is 24.2 Å². The molecule has 2 atom stereocenters. The minimum Gasteiger partial charge on any atom is -0.479 e. The van der Waals surface area contributed by atoms with Gasteiger partial charge in [-0.05, 0) is 24.1 Å². The van der Waals surface area contributed by atoms with Crippen LogP contribution in [0, 0.1) is 6.92 Å². The summed E-state index contributed by atoms with van der Waals surface area (Å²) in [5, 5.41) is 9.38. The first-order chi connectivity index (χ1) is 10.1. The second-order valence-electron chi connectivity index (χ2n) is 4.83. The summed E-state index contributed by atoms with van der Waals surface area (Å²) in [5.41, 5.74) is 1.54. The van der Waals surface area contributed by atoms with Crippen LogP contribution in [-0.4, -0.2) is 59.8 Å². The number of aliphatic carboxylic acids is 1. The van der Waals surface area contributed by atoms with Gasteiger partial charge in [-0.25, -0.2) is 4.79 Å². The summed E-state index contributed by atoms with van der Waals surface area (Å²) in [7, 11) is 1.53. The third-order valence-corrected chi connectivity index (χ3v) is 3.51. The predicted molar refractivity (Wildman–Crippen MR) is 72.7 cm³/mol. The minimum atomic E-state index is -1.11. The van der Waals surface area contributed by atoms with Crippen molar-refractivity contribution in [2.24, 2.45) is 0 Å². The molecule has 114 valence electrons. The molecule has 2 heterocycles. The highest BCUT2D eigenvalue weighted by molar-refractivity contribution is 5.83. The Hall–Kier alpha value is -1.99. The van der Waals surface area contributed by atoms with Crippen LogP contribution in [0.5, 0.6) is 0 Å². The quantitative estimate of drug-likeness (QED) is 0.845. The van der Waals surface area contributed by atoms with E-state index < -0.39 is 18.1 Å². The van der Waals surface area contributed by atoms with E-state index >= 15 is 0 Å². The third-order valence-electron chi connectivity index (χ3n) is 3.51. The van der Waals surface area contributed by atoms with Gasteiger partial charge in [-0.15, -0.1) is 0 Å². The zero-order valence-electron chi connectivity index (χ0n) is 12.0. The van der Waals surface area contributed by atoms with Crippen molar-refractivity contribution >= 4 is 11.9 Å². The maximum Gasteiger partial charge on any atom is 0.335 e. The van der Waals surface area contributed by atoms with Gasteiger partial charge in [0.15, 0.2) is 6.10 Å². The number of morpholine rings is 1. The van der Waals surface area contributed by atoms with Gasteiger partial charge >= 0.3 is 5.97 Å². The zero-order chi connectivity index (χ0) is 15.4. The van der Waals surface area contributed by atoms with Crippen molar-refractivity contribution in [2.75, 3.05) is 26.9 Å². The van der Waals surface area contributed by atoms with Crippen LogP contribution >= 0.6 is 0 Å². The number of nitrogens with zero attached hydrogens (tertiary/aromatic N) is 2. The van der Waals surface area contributed by atoms with Gasteiger partial charge in [-0.3, -0.25) is 9.78 Å². The van der Waals surface area contributed by atoms with E-state index in [1.807, 2.05) is 6.92 Å². The normalized spacial score (nSPS) is 22.4. The van der Waals surface area contributed by atoms with Crippen LogP contribution in [-0.2, 0) is 19.1 Å². The number of amides is 1. The Labute approximate surface area is 122 Å². The number of methoxy groups -OCH3 is 1. The molecular formula is C14H18N2O5. The second kappa shape index (κ2) is 6.64. The van der Waals surface area contributed by atoms with E-state index in [1.54, 1.807) is 18.5 Å². The number of hydrogen-bond acceptors (Lipinski definition) is 5. The molecule has 0 aromatic carbocycles. The van der Waals surface area contributed by atoms with Crippen LogP contribution in [0.1, 0.15) is 17.2 Å². The Kier molecular flexibility index (Phi) is 4.87. The topological polar surface area (TPSA) is 89.0 Å². The average Bonchev–Trinajstić information content (AvgIpc) is 2.46. The summed E-state index contributed by atoms with van der Waals surface area (Å²) in [6.07, 6.45) is 2.10. The lowest BCUT2D eigenvalue weighted by Crippen LogP contribution is -2.52. The van der Waals surface area contributed by atoms with Crippen LogP contribution in [0.2, 0.25) is 0 Å². The monoisotopic (exact) mass is 294 g/mol. The number of aryl methyl sites for hydroxylation is 1. The van der Waals surface area contributed by atoms with E-state index in [9.17, 15) is 14.7 Å². The van der Waals surface area contributed by atoms with E-state index in [4.69, 9.17) is 9.47 Å². The number of carbonyl (C=O) groups excluding carboxylic acids is 1. The molecule has 1 aromatic rings. The number of carboxylic acids is 1. The Morgan fingerprint density at radius 1 is 1.62 bits per heavy atom. The molecule has 2 rings (SSSR count). The largest absolute Gasteiger partial charge is 0.479 e. The summed E-state index contributed by atoms with van der Waals surface area (Å²) >= 11 is 0. The lowest BCUT2D eigenvalue weighted by atomic mass is 9.95. The Balaban J connectivity index is 2.41. The highest BCUT2D eigenvalue weighted by Crippen LogP contribution is 2.31. The van der Waals surface area contributed by atoms with E-state index in [2.05, 4.69) is 4.98 Å². The number of carbonyl (C=O) groups is 2. The molecule has 1 aliphatic rings. The first-order valence-corrected chi connectivity index (χ1v) is 6.59. The number of ether oxygens (including phenoxy) is 2. The SMILES string of the molecule is COCCN1C(=O)COC(C(=O)O)C1c1cnccc1C. The Morgan fingerprint density at radius 3 is 3.00 bits per heavy atom. The highest BCUT2D eigenvalue weighted by atomic mass is 16.5. The highest BCUT2D eigenvalue weighted by Gasteiger charge is 2.42. The summed E-state index contributed by atoms with van der Waals surface area (Å²) in [6, 6.07) is 1.08. The molecule has 0 radical (unpaired) electrons. The lowest BCUT2D eigenvalue weighted by Gasteiger charge is -2.39. The summed E-state index contributed by atoms with van der Waals surface area (Å²) in [4.78, 5) is 29.1. The van der Waals surface area contributed by atoms with Gasteiger partial charge in [-0.1, -0.05) is 0 Å². The molecular weight excluding hydrogens is 276 g/mol. The number of hydrogen-bond donors (Lipinski definition) is 1. The number of pyridine rings is 1. The molecule has 1 aliphatic heterocycles. The van der Waals surface area contributed by atoms with Crippen LogP contribution < -0.4 is 0 Å². The van der Waals surface area contributed by atoms with Gasteiger partial charge in [-0.2, -0.15) is 0 Å². The summed E-state index contributed by atoms with van der Waals surface area (Å²) < 4.78 is 10.2. The van der Waals surface area contributed by atoms with Crippen LogP contribution in [0.15, 0.2) is 18.5 Å². The third kappa shape index (κ3) is 3.20. The molecule has 2 unspecified atom stereocenters. The van der Waals surface area contributed by atoms with E-state index in [0.29, 0.717) is 18.7 Å². The van der Waals surface area contributed by atoms with E-state index in [0.717, 1.165) is 5.56 Å². The lowest BCUT2D eigenvalue weighted by molar-refractivity contribution is -0.173. The fourth-order valence-corrected chi connectivity index (χ4v) is 2.43. The second-order valence-corrected chi connectivity index (χ2v) is 4.83. The van der Waals surface area contributed by atoms with Crippen LogP contribution in [0.25, 0.3) is 0 Å².